The van der Waals surface area contributed by atoms with Crippen molar-refractivity contribution in [2.45, 2.75) is 64.5 Å². The number of β-amino-alcohol motifs (C(OH)–C–C–N with tert-alkyl or cyclic N) is 1. The van der Waals surface area contributed by atoms with E-state index < -0.39 is 5.60 Å². The Balaban J connectivity index is 1.67. The first-order valence-electron chi connectivity index (χ1n) is 9.72. The molecule has 1 N–H and O–H groups in total. The van der Waals surface area contributed by atoms with Crippen LogP contribution in [0.15, 0.2) is 12.1 Å². The molecule has 4 heteroatoms. The van der Waals surface area contributed by atoms with Crippen LogP contribution in [0.2, 0.25) is 0 Å². The molecule has 1 aliphatic carbocycles. The normalized spacial score (nSPS) is 26.4. The van der Waals surface area contributed by atoms with Gasteiger partial charge in [-0.2, -0.15) is 0 Å². The summed E-state index contributed by atoms with van der Waals surface area (Å²) in [7, 11) is 0. The van der Waals surface area contributed by atoms with E-state index in [1.165, 1.54) is 43.2 Å². The van der Waals surface area contributed by atoms with E-state index in [-0.39, 0.29) is 6.61 Å². The molecule has 1 atom stereocenters. The first-order valence-corrected chi connectivity index (χ1v) is 9.72. The van der Waals surface area contributed by atoms with Crippen LogP contribution in [0.1, 0.15) is 48.8 Å². The molecule has 0 radical (unpaired) electrons. The highest BCUT2D eigenvalue weighted by Gasteiger charge is 2.36. The number of hydrogen-bond donors (Lipinski definition) is 1. The molecule has 1 saturated carbocycles. The Hall–Kier alpha value is -1.10. The highest BCUT2D eigenvalue weighted by Crippen LogP contribution is 2.27. The molecule has 2 aliphatic rings. The van der Waals surface area contributed by atoms with Gasteiger partial charge in [-0.05, 0) is 56.4 Å². The lowest BCUT2D eigenvalue weighted by atomic mass is 9.93. The Kier molecular flexibility index (Phi) is 6.03. The average Bonchev–Trinajstić information content (AvgIpc) is 2.80. The summed E-state index contributed by atoms with van der Waals surface area (Å²) >= 11 is 0. The van der Waals surface area contributed by atoms with Gasteiger partial charge in [0.1, 0.15) is 18.0 Å². The smallest absolute Gasteiger partial charge is 0.134 e. The monoisotopic (exact) mass is 347 g/mol. The minimum Gasteiger partial charge on any atom is -0.490 e. The van der Waals surface area contributed by atoms with Crippen molar-refractivity contribution >= 4 is 0 Å². The van der Waals surface area contributed by atoms with E-state index >= 15 is 0 Å². The van der Waals surface area contributed by atoms with Crippen molar-refractivity contribution in [1.29, 1.82) is 0 Å². The van der Waals surface area contributed by atoms with Gasteiger partial charge in [0.15, 0.2) is 0 Å². The van der Waals surface area contributed by atoms with Crippen LogP contribution in [0.3, 0.4) is 0 Å². The summed E-state index contributed by atoms with van der Waals surface area (Å²) in [5, 5.41) is 11.2. The van der Waals surface area contributed by atoms with Crippen LogP contribution in [0.25, 0.3) is 0 Å². The summed E-state index contributed by atoms with van der Waals surface area (Å²) in [5.41, 5.74) is 2.61. The summed E-state index contributed by atoms with van der Waals surface area (Å²) in [5.74, 6) is 0.874. The molecular weight excluding hydrogens is 314 g/mol. The Morgan fingerprint density at radius 3 is 2.72 bits per heavy atom. The second-order valence-electron chi connectivity index (χ2n) is 8.03. The molecule has 0 amide bonds. The molecule has 140 valence electrons. The zero-order valence-electron chi connectivity index (χ0n) is 16.0. The van der Waals surface area contributed by atoms with Crippen molar-refractivity contribution in [3.05, 3.63) is 28.8 Å². The Morgan fingerprint density at radius 2 is 1.96 bits per heavy atom. The van der Waals surface area contributed by atoms with Gasteiger partial charge in [-0.25, -0.2) is 0 Å². The molecule has 1 saturated heterocycles. The van der Waals surface area contributed by atoms with Gasteiger partial charge >= 0.3 is 0 Å². The van der Waals surface area contributed by atoms with Crippen LogP contribution in [-0.2, 0) is 4.74 Å². The fourth-order valence-electron chi connectivity index (χ4n) is 4.15. The van der Waals surface area contributed by atoms with Crippen LogP contribution in [-0.4, -0.2) is 54.6 Å². The highest BCUT2D eigenvalue weighted by atomic mass is 16.5. The van der Waals surface area contributed by atoms with Crippen molar-refractivity contribution < 1.29 is 14.6 Å². The van der Waals surface area contributed by atoms with E-state index in [2.05, 4.69) is 37.8 Å². The van der Waals surface area contributed by atoms with Gasteiger partial charge in [-0.15, -0.1) is 0 Å². The van der Waals surface area contributed by atoms with Crippen LogP contribution in [0.5, 0.6) is 5.75 Å². The second-order valence-corrected chi connectivity index (χ2v) is 8.03. The zero-order chi connectivity index (χ0) is 17.9. The van der Waals surface area contributed by atoms with Crippen LogP contribution < -0.4 is 4.74 Å². The average molecular weight is 347 g/mol. The number of rotatable bonds is 4. The third kappa shape index (κ3) is 4.75. The van der Waals surface area contributed by atoms with Crippen molar-refractivity contribution in [3.63, 3.8) is 0 Å². The summed E-state index contributed by atoms with van der Waals surface area (Å²) < 4.78 is 11.8. The minimum absolute atomic E-state index is 0.278. The third-order valence-corrected chi connectivity index (χ3v) is 5.74. The lowest BCUT2D eigenvalue weighted by molar-refractivity contribution is -0.0682. The van der Waals surface area contributed by atoms with E-state index in [4.69, 9.17) is 9.47 Å². The number of aryl methyl sites for hydroxylation is 2. The molecule has 1 heterocycles. The fraction of sp³-hybridized carbons (Fsp3) is 0.714. The maximum atomic E-state index is 11.2. The molecule has 3 rings (SSSR count). The molecule has 1 aromatic rings. The van der Waals surface area contributed by atoms with Gasteiger partial charge in [0.05, 0.1) is 13.2 Å². The molecule has 4 nitrogen and oxygen atoms in total. The van der Waals surface area contributed by atoms with Gasteiger partial charge in [0.2, 0.25) is 0 Å². The molecular formula is C21H33NO3. The number of nitrogens with zero attached hydrogens (tertiary/aromatic N) is 1. The minimum atomic E-state index is -0.946. The highest BCUT2D eigenvalue weighted by molar-refractivity contribution is 5.42. The molecule has 0 bridgehead atoms. The van der Waals surface area contributed by atoms with E-state index in [1.807, 2.05) is 0 Å². The molecule has 0 spiro atoms. The van der Waals surface area contributed by atoms with E-state index in [1.54, 1.807) is 0 Å². The molecule has 0 aromatic heterocycles. The summed E-state index contributed by atoms with van der Waals surface area (Å²) in [6.07, 6.45) is 6.44. The predicted octanol–water partition coefficient (Wildman–Crippen LogP) is 3.39. The van der Waals surface area contributed by atoms with Gasteiger partial charge in [-0.1, -0.05) is 25.3 Å². The number of ether oxygens (including phenoxy) is 2. The molecule has 2 fully saturated rings. The van der Waals surface area contributed by atoms with Gasteiger partial charge in [-0.3, -0.25) is 4.90 Å². The van der Waals surface area contributed by atoms with Crippen molar-refractivity contribution in [2.24, 2.45) is 0 Å². The van der Waals surface area contributed by atoms with Gasteiger partial charge in [0, 0.05) is 19.1 Å². The lowest BCUT2D eigenvalue weighted by Crippen LogP contribution is -2.51. The maximum Gasteiger partial charge on any atom is 0.134 e. The summed E-state index contributed by atoms with van der Waals surface area (Å²) in [6.45, 7) is 9.13. The topological polar surface area (TPSA) is 41.9 Å². The van der Waals surface area contributed by atoms with Crippen molar-refractivity contribution in [2.75, 3.05) is 32.9 Å². The van der Waals surface area contributed by atoms with Crippen molar-refractivity contribution in [1.82, 2.24) is 4.90 Å². The quantitative estimate of drug-likeness (QED) is 0.906. The second kappa shape index (κ2) is 8.07. The van der Waals surface area contributed by atoms with Gasteiger partial charge in [0.25, 0.3) is 0 Å². The number of hydrogen-bond acceptors (Lipinski definition) is 4. The maximum absolute atomic E-state index is 11.2. The van der Waals surface area contributed by atoms with Crippen LogP contribution in [0, 0.1) is 20.8 Å². The van der Waals surface area contributed by atoms with E-state index in [9.17, 15) is 5.11 Å². The largest absolute Gasteiger partial charge is 0.490 e. The zero-order valence-corrected chi connectivity index (χ0v) is 16.0. The standard InChI is InChI=1S/C21H33NO3/c1-16-11-17(2)18(3)20(12-16)25-15-21(23)13-22(9-10-24-14-21)19-7-5-4-6-8-19/h11-12,19,23H,4-10,13-15H2,1-3H3. The van der Waals surface area contributed by atoms with E-state index in [0.717, 1.165) is 17.9 Å². The Bertz CT molecular complexity index is 583. The van der Waals surface area contributed by atoms with E-state index in [0.29, 0.717) is 25.8 Å². The van der Waals surface area contributed by atoms with Crippen LogP contribution >= 0.6 is 0 Å². The van der Waals surface area contributed by atoms with Crippen molar-refractivity contribution in [3.8, 4) is 5.75 Å². The predicted molar refractivity (Wildman–Crippen MR) is 100 cm³/mol. The number of aliphatic hydroxyl groups is 1. The number of benzene rings is 1. The van der Waals surface area contributed by atoms with Crippen LogP contribution in [0.4, 0.5) is 0 Å². The molecule has 1 aromatic carbocycles. The Labute approximate surface area is 152 Å². The SMILES string of the molecule is Cc1cc(C)c(C)c(OCC2(O)COCCN(C3CCCCC3)C2)c1. The first-order chi connectivity index (χ1) is 12.0. The summed E-state index contributed by atoms with van der Waals surface area (Å²) in [6, 6.07) is 4.81. The third-order valence-electron chi connectivity index (χ3n) is 5.74. The molecule has 1 unspecified atom stereocenters. The molecule has 1 aliphatic heterocycles. The summed E-state index contributed by atoms with van der Waals surface area (Å²) in [4.78, 5) is 2.43. The Morgan fingerprint density at radius 1 is 1.20 bits per heavy atom. The first kappa shape index (κ1) is 18.7. The molecule has 25 heavy (non-hydrogen) atoms. The fourth-order valence-corrected chi connectivity index (χ4v) is 4.15. The van der Waals surface area contributed by atoms with Gasteiger partial charge < -0.3 is 14.6 Å². The lowest BCUT2D eigenvalue weighted by Gasteiger charge is -2.37.